The van der Waals surface area contributed by atoms with Crippen LogP contribution >= 0.6 is 34.5 Å². The molecule has 2 nitrogen and oxygen atoms in total. The van der Waals surface area contributed by atoms with Gasteiger partial charge in [0.1, 0.15) is 5.82 Å². The average Bonchev–Trinajstić information content (AvgIpc) is 2.56. The second-order valence-corrected chi connectivity index (χ2v) is 4.25. The van der Waals surface area contributed by atoms with Gasteiger partial charge in [0.2, 0.25) is 5.90 Å². The normalized spacial score (nSPS) is 15.4. The van der Waals surface area contributed by atoms with E-state index in [1.807, 2.05) is 0 Å². The van der Waals surface area contributed by atoms with Gasteiger partial charge >= 0.3 is 0 Å². The summed E-state index contributed by atoms with van der Waals surface area (Å²) in [5.74, 6) is 0.900. The molecule has 5 heteroatoms. The van der Waals surface area contributed by atoms with E-state index in [-0.39, 0.29) is 5.82 Å². The fourth-order valence-electron chi connectivity index (χ4n) is 0.983. The van der Waals surface area contributed by atoms with Crippen LogP contribution in [0.1, 0.15) is 5.56 Å². The van der Waals surface area contributed by atoms with Gasteiger partial charge in [-0.15, -0.1) is 0 Å². The highest BCUT2D eigenvalue weighted by atomic mass is 127. The molecule has 0 aliphatic carbocycles. The number of rotatable bonds is 1. The highest BCUT2D eigenvalue weighted by molar-refractivity contribution is 14.1. The van der Waals surface area contributed by atoms with Crippen molar-refractivity contribution in [2.45, 2.75) is 0 Å². The lowest BCUT2D eigenvalue weighted by Crippen LogP contribution is -2.03. The smallest absolute Gasteiger partial charge is 0.229 e. The first-order chi connectivity index (χ1) is 6.27. The second-order valence-electron chi connectivity index (χ2n) is 2.41. The quantitative estimate of drug-likeness (QED) is 0.588. The molecular weight excluding hydrogens is 304 g/mol. The predicted molar refractivity (Wildman–Crippen MR) is 59.2 cm³/mol. The fourth-order valence-corrected chi connectivity index (χ4v) is 2.18. The zero-order valence-electron chi connectivity index (χ0n) is 6.46. The Morgan fingerprint density at radius 1 is 1.54 bits per heavy atom. The van der Waals surface area contributed by atoms with Gasteiger partial charge in [0.15, 0.2) is 5.94 Å². The summed E-state index contributed by atoms with van der Waals surface area (Å²) in [6.07, 6.45) is 0. The van der Waals surface area contributed by atoms with Gasteiger partial charge in [-0.25, -0.2) is 4.39 Å². The summed E-state index contributed by atoms with van der Waals surface area (Å²) in [7, 11) is 0. The third-order valence-corrected chi connectivity index (χ3v) is 2.97. The number of hydrogen-bond donors (Lipinski definition) is 0. The van der Waals surface area contributed by atoms with E-state index in [9.17, 15) is 4.39 Å². The molecule has 0 fully saturated rings. The van der Waals surface area contributed by atoms with Crippen molar-refractivity contribution in [1.29, 1.82) is 0 Å². The first-order valence-corrected chi connectivity index (χ1v) is 5.57. The monoisotopic (exact) mass is 309 g/mol. The van der Waals surface area contributed by atoms with Crippen molar-refractivity contribution < 1.29 is 9.13 Å². The Bertz CT molecular complexity index is 369. The molecule has 0 radical (unpaired) electrons. The minimum atomic E-state index is -0.237. The van der Waals surface area contributed by atoms with Crippen LogP contribution in [0.25, 0.3) is 0 Å². The SMILES string of the molecule is Fc1ccc(C2=NSCO2)c(I)c1. The zero-order chi connectivity index (χ0) is 9.26. The van der Waals surface area contributed by atoms with Crippen LogP contribution in [-0.4, -0.2) is 11.8 Å². The summed E-state index contributed by atoms with van der Waals surface area (Å²) in [5.41, 5.74) is 0.854. The molecule has 13 heavy (non-hydrogen) atoms. The lowest BCUT2D eigenvalue weighted by molar-refractivity contribution is 0.393. The Morgan fingerprint density at radius 2 is 2.38 bits per heavy atom. The maximum absolute atomic E-state index is 12.7. The molecule has 0 atom stereocenters. The van der Waals surface area contributed by atoms with Crippen LogP contribution in [0.15, 0.2) is 22.6 Å². The number of hydrogen-bond acceptors (Lipinski definition) is 3. The van der Waals surface area contributed by atoms with Gasteiger partial charge in [0, 0.05) is 15.5 Å². The molecule has 68 valence electrons. The zero-order valence-corrected chi connectivity index (χ0v) is 9.43. The van der Waals surface area contributed by atoms with E-state index < -0.39 is 0 Å². The standard InChI is InChI=1S/C8H5FINOS/c9-5-1-2-6(7(10)3-5)8-11-13-4-12-8/h1-3H,4H2. The maximum atomic E-state index is 12.7. The van der Waals surface area contributed by atoms with E-state index >= 15 is 0 Å². The van der Waals surface area contributed by atoms with Crippen molar-refractivity contribution in [2.24, 2.45) is 4.40 Å². The van der Waals surface area contributed by atoms with Gasteiger partial charge in [-0.1, -0.05) is 0 Å². The molecule has 0 bridgehead atoms. The lowest BCUT2D eigenvalue weighted by atomic mass is 10.2. The predicted octanol–water partition coefficient (Wildman–Crippen LogP) is 2.81. The van der Waals surface area contributed by atoms with Crippen molar-refractivity contribution in [3.05, 3.63) is 33.1 Å². The van der Waals surface area contributed by atoms with Crippen LogP contribution in [0.4, 0.5) is 4.39 Å². The van der Waals surface area contributed by atoms with E-state index in [0.29, 0.717) is 11.8 Å². The molecule has 0 spiro atoms. The van der Waals surface area contributed by atoms with Gasteiger partial charge in [0.05, 0.1) is 5.56 Å². The van der Waals surface area contributed by atoms with Crippen LogP contribution in [-0.2, 0) is 4.74 Å². The molecule has 0 N–H and O–H groups in total. The number of halogens is 2. The topological polar surface area (TPSA) is 21.6 Å². The van der Waals surface area contributed by atoms with Crippen LogP contribution < -0.4 is 0 Å². The van der Waals surface area contributed by atoms with Crippen molar-refractivity contribution in [2.75, 3.05) is 5.94 Å². The van der Waals surface area contributed by atoms with Gasteiger partial charge < -0.3 is 4.74 Å². The van der Waals surface area contributed by atoms with Gasteiger partial charge in [-0.3, -0.25) is 0 Å². The molecule has 1 aromatic rings. The molecule has 1 aromatic carbocycles. The molecule has 0 unspecified atom stereocenters. The Balaban J connectivity index is 2.40. The summed E-state index contributed by atoms with van der Waals surface area (Å²) in [6, 6.07) is 4.55. The van der Waals surface area contributed by atoms with Crippen LogP contribution in [0.5, 0.6) is 0 Å². The minimum absolute atomic E-state index is 0.237. The first-order valence-electron chi connectivity index (χ1n) is 3.55. The van der Waals surface area contributed by atoms with E-state index in [1.54, 1.807) is 6.07 Å². The molecule has 0 aromatic heterocycles. The number of ether oxygens (including phenoxy) is 1. The first kappa shape index (κ1) is 9.26. The van der Waals surface area contributed by atoms with Crippen LogP contribution in [0.3, 0.4) is 0 Å². The summed E-state index contributed by atoms with van der Waals surface area (Å²) >= 11 is 3.42. The van der Waals surface area contributed by atoms with Crippen molar-refractivity contribution in [1.82, 2.24) is 0 Å². The highest BCUT2D eigenvalue weighted by Crippen LogP contribution is 2.21. The van der Waals surface area contributed by atoms with Crippen molar-refractivity contribution in [3.8, 4) is 0 Å². The Morgan fingerprint density at radius 3 is 3.00 bits per heavy atom. The van der Waals surface area contributed by atoms with Crippen molar-refractivity contribution >= 4 is 40.4 Å². The second kappa shape index (κ2) is 3.83. The molecule has 1 heterocycles. The molecule has 1 aliphatic rings. The van der Waals surface area contributed by atoms with Gasteiger partial charge in [-0.2, -0.15) is 4.40 Å². The fraction of sp³-hybridized carbons (Fsp3) is 0.125. The average molecular weight is 309 g/mol. The summed E-state index contributed by atoms with van der Waals surface area (Å²) < 4.78 is 22.9. The van der Waals surface area contributed by atoms with E-state index in [2.05, 4.69) is 27.0 Å². The minimum Gasteiger partial charge on any atom is -0.464 e. The summed E-state index contributed by atoms with van der Waals surface area (Å²) in [4.78, 5) is 0. The lowest BCUT2D eigenvalue weighted by Gasteiger charge is -2.02. The molecule has 2 rings (SSSR count). The Labute approximate surface area is 92.9 Å². The van der Waals surface area contributed by atoms with Crippen LogP contribution in [0.2, 0.25) is 0 Å². The third-order valence-electron chi connectivity index (χ3n) is 1.56. The van der Waals surface area contributed by atoms with E-state index in [4.69, 9.17) is 4.74 Å². The van der Waals surface area contributed by atoms with Gasteiger partial charge in [-0.05, 0) is 40.8 Å². The van der Waals surface area contributed by atoms with Crippen LogP contribution in [0, 0.1) is 9.39 Å². The molecule has 0 saturated heterocycles. The van der Waals surface area contributed by atoms with E-state index in [1.165, 1.54) is 24.1 Å². The third kappa shape index (κ3) is 1.96. The molecule has 1 aliphatic heterocycles. The maximum Gasteiger partial charge on any atom is 0.229 e. The molecular formula is C8H5FINOS. The Hall–Kier alpha value is -0.300. The largest absolute Gasteiger partial charge is 0.464 e. The molecule has 0 saturated carbocycles. The number of nitrogens with zero attached hydrogens (tertiary/aromatic N) is 1. The van der Waals surface area contributed by atoms with Crippen molar-refractivity contribution in [3.63, 3.8) is 0 Å². The Kier molecular flexibility index (Phi) is 2.73. The highest BCUT2D eigenvalue weighted by Gasteiger charge is 2.14. The van der Waals surface area contributed by atoms with E-state index in [0.717, 1.165) is 9.13 Å². The summed E-state index contributed by atoms with van der Waals surface area (Å²) in [6.45, 7) is 0. The number of benzene rings is 1. The van der Waals surface area contributed by atoms with Gasteiger partial charge in [0.25, 0.3) is 0 Å². The molecule has 0 amide bonds. The summed E-state index contributed by atoms with van der Waals surface area (Å²) in [5, 5.41) is 0.